The molecule has 3 rings (SSSR count). The summed E-state index contributed by atoms with van der Waals surface area (Å²) in [6, 6.07) is 0. The number of guanidine groups is 1. The van der Waals surface area contributed by atoms with Crippen molar-refractivity contribution in [2.24, 2.45) is 18.0 Å². The Morgan fingerprint density at radius 1 is 1.29 bits per heavy atom. The minimum atomic E-state index is 0. The van der Waals surface area contributed by atoms with E-state index in [9.17, 15) is 0 Å². The van der Waals surface area contributed by atoms with Gasteiger partial charge in [-0.25, -0.2) is 0 Å². The number of nitrogens with zero attached hydrogens (tertiary/aromatic N) is 6. The fourth-order valence-electron chi connectivity index (χ4n) is 3.78. The van der Waals surface area contributed by atoms with Crippen LogP contribution in [0, 0.1) is 5.92 Å². The van der Waals surface area contributed by atoms with Crippen LogP contribution in [-0.2, 0) is 11.8 Å². The molecule has 1 aromatic heterocycles. The van der Waals surface area contributed by atoms with Gasteiger partial charge in [0.15, 0.2) is 5.96 Å². The molecule has 1 N–H and O–H groups in total. The Morgan fingerprint density at radius 3 is 2.68 bits per heavy atom. The van der Waals surface area contributed by atoms with Gasteiger partial charge in [0.1, 0.15) is 6.10 Å². The molecule has 2 aliphatic rings. The summed E-state index contributed by atoms with van der Waals surface area (Å²) in [7, 11) is 6.00. The molecule has 2 fully saturated rings. The second kappa shape index (κ2) is 11.3. The number of rotatable bonds is 5. The van der Waals surface area contributed by atoms with Crippen LogP contribution < -0.4 is 5.32 Å². The number of aromatic nitrogens is 2. The van der Waals surface area contributed by atoms with E-state index in [1.54, 1.807) is 0 Å². The third-order valence-corrected chi connectivity index (χ3v) is 5.45. The minimum absolute atomic E-state index is 0. The number of aliphatic imine (C=N–C) groups is 1. The van der Waals surface area contributed by atoms with E-state index in [1.165, 1.54) is 26.2 Å². The van der Waals surface area contributed by atoms with Crippen LogP contribution in [0.3, 0.4) is 0 Å². The van der Waals surface area contributed by atoms with Crippen LogP contribution in [0.15, 0.2) is 17.4 Å². The topological polar surface area (TPSA) is 61.2 Å². The zero-order valence-corrected chi connectivity index (χ0v) is 20.0. The molecule has 2 unspecified atom stereocenters. The van der Waals surface area contributed by atoms with Crippen LogP contribution in [0.4, 0.5) is 0 Å². The monoisotopic (exact) mass is 505 g/mol. The number of piperazine rings is 1. The largest absolute Gasteiger partial charge is 0.370 e. The van der Waals surface area contributed by atoms with Crippen molar-refractivity contribution < 1.29 is 4.74 Å². The molecule has 0 radical (unpaired) electrons. The first-order valence-electron chi connectivity index (χ1n) is 10.0. The van der Waals surface area contributed by atoms with E-state index in [0.29, 0.717) is 12.5 Å². The van der Waals surface area contributed by atoms with E-state index in [-0.39, 0.29) is 30.1 Å². The fraction of sp³-hybridized carbons (Fsp3) is 0.789. The lowest BCUT2D eigenvalue weighted by Gasteiger charge is -2.36. The van der Waals surface area contributed by atoms with Crippen molar-refractivity contribution in [1.29, 1.82) is 0 Å². The Bertz CT molecular complexity index is 615. The first kappa shape index (κ1) is 23.4. The highest BCUT2D eigenvalue weighted by atomic mass is 127. The summed E-state index contributed by atoms with van der Waals surface area (Å²) in [6.45, 7) is 11.5. The van der Waals surface area contributed by atoms with E-state index < -0.39 is 0 Å². The average Bonchev–Trinajstić information content (AvgIpc) is 3.11. The van der Waals surface area contributed by atoms with Crippen molar-refractivity contribution in [3.05, 3.63) is 18.0 Å². The molecule has 2 atom stereocenters. The van der Waals surface area contributed by atoms with Crippen molar-refractivity contribution in [3.63, 3.8) is 0 Å². The summed E-state index contributed by atoms with van der Waals surface area (Å²) >= 11 is 0. The lowest BCUT2D eigenvalue weighted by molar-refractivity contribution is -0.00809. The molecule has 0 aromatic carbocycles. The number of halogens is 1. The first-order chi connectivity index (χ1) is 13.0. The summed E-state index contributed by atoms with van der Waals surface area (Å²) in [5, 5.41) is 7.84. The van der Waals surface area contributed by atoms with Crippen LogP contribution in [0.5, 0.6) is 0 Å². The molecule has 0 bridgehead atoms. The highest BCUT2D eigenvalue weighted by Crippen LogP contribution is 2.21. The smallest absolute Gasteiger partial charge is 0.193 e. The molecule has 3 heterocycles. The second-order valence-corrected chi connectivity index (χ2v) is 7.89. The Morgan fingerprint density at radius 2 is 2.04 bits per heavy atom. The van der Waals surface area contributed by atoms with Gasteiger partial charge in [-0.15, -0.1) is 24.0 Å². The zero-order valence-electron chi connectivity index (χ0n) is 17.7. The van der Waals surface area contributed by atoms with Crippen LogP contribution in [0.1, 0.15) is 18.6 Å². The van der Waals surface area contributed by atoms with Gasteiger partial charge >= 0.3 is 0 Å². The van der Waals surface area contributed by atoms with Crippen LogP contribution in [-0.4, -0.2) is 104 Å². The molecule has 0 spiro atoms. The number of morpholine rings is 1. The fourth-order valence-corrected chi connectivity index (χ4v) is 3.78. The standard InChI is InChI=1S/C19H35N7O.HI/c1-16(13-25-7-5-23(3)6-8-25)11-21-19(20-2)26-9-10-27-18(15-26)17-12-22-24(4)14-17;/h12,14,16,18H,5-11,13,15H2,1-4H3,(H,20,21);1H. The number of aryl methyl sites for hydroxylation is 1. The Labute approximate surface area is 186 Å². The van der Waals surface area contributed by atoms with Crippen molar-refractivity contribution in [2.45, 2.75) is 13.0 Å². The maximum atomic E-state index is 5.95. The first-order valence-corrected chi connectivity index (χ1v) is 10.0. The predicted molar refractivity (Wildman–Crippen MR) is 123 cm³/mol. The number of nitrogens with one attached hydrogen (secondary N) is 1. The number of hydrogen-bond donors (Lipinski definition) is 1. The van der Waals surface area contributed by atoms with Gasteiger partial charge in [-0.1, -0.05) is 6.92 Å². The summed E-state index contributed by atoms with van der Waals surface area (Å²) in [5.41, 5.74) is 1.13. The second-order valence-electron chi connectivity index (χ2n) is 7.89. The van der Waals surface area contributed by atoms with E-state index in [1.807, 2.05) is 31.2 Å². The summed E-state index contributed by atoms with van der Waals surface area (Å²) in [4.78, 5) is 11.8. The summed E-state index contributed by atoms with van der Waals surface area (Å²) < 4.78 is 7.77. The molecule has 8 nitrogen and oxygen atoms in total. The van der Waals surface area contributed by atoms with Crippen molar-refractivity contribution in [1.82, 2.24) is 29.8 Å². The number of likely N-dealkylation sites (N-methyl/N-ethyl adjacent to an activating group) is 1. The molecule has 0 amide bonds. The number of hydrogen-bond acceptors (Lipinski definition) is 5. The molecule has 28 heavy (non-hydrogen) atoms. The Kier molecular flexibility index (Phi) is 9.45. The molecule has 1 aromatic rings. The molecule has 2 saturated heterocycles. The van der Waals surface area contributed by atoms with Crippen molar-refractivity contribution in [3.8, 4) is 0 Å². The molecular weight excluding hydrogens is 469 g/mol. The third-order valence-electron chi connectivity index (χ3n) is 5.45. The quantitative estimate of drug-likeness (QED) is 0.364. The van der Waals surface area contributed by atoms with Gasteiger partial charge in [-0.2, -0.15) is 5.10 Å². The van der Waals surface area contributed by atoms with Crippen LogP contribution >= 0.6 is 24.0 Å². The SMILES string of the molecule is CN=C(NCC(C)CN1CCN(C)CC1)N1CCOC(c2cnn(C)c2)C1.I. The lowest BCUT2D eigenvalue weighted by atomic mass is 10.1. The summed E-state index contributed by atoms with van der Waals surface area (Å²) in [5.74, 6) is 1.55. The van der Waals surface area contributed by atoms with Crippen molar-refractivity contribution >= 4 is 29.9 Å². The van der Waals surface area contributed by atoms with Gasteiger partial charge in [-0.3, -0.25) is 9.67 Å². The van der Waals surface area contributed by atoms with Gasteiger partial charge in [-0.05, 0) is 13.0 Å². The maximum Gasteiger partial charge on any atom is 0.193 e. The van der Waals surface area contributed by atoms with Crippen LogP contribution in [0.25, 0.3) is 0 Å². The Hall–Kier alpha value is -0.910. The van der Waals surface area contributed by atoms with Gasteiger partial charge < -0.3 is 24.8 Å². The van der Waals surface area contributed by atoms with E-state index in [4.69, 9.17) is 4.74 Å². The predicted octanol–water partition coefficient (Wildman–Crippen LogP) is 0.870. The van der Waals surface area contributed by atoms with Crippen LogP contribution in [0.2, 0.25) is 0 Å². The van der Waals surface area contributed by atoms with E-state index >= 15 is 0 Å². The highest BCUT2D eigenvalue weighted by Gasteiger charge is 2.25. The molecule has 2 aliphatic heterocycles. The van der Waals surface area contributed by atoms with Gasteiger partial charge in [0.2, 0.25) is 0 Å². The highest BCUT2D eigenvalue weighted by molar-refractivity contribution is 14.0. The lowest BCUT2D eigenvalue weighted by Crippen LogP contribution is -2.50. The zero-order chi connectivity index (χ0) is 19.2. The number of ether oxygens (including phenoxy) is 1. The summed E-state index contributed by atoms with van der Waals surface area (Å²) in [6.07, 6.45) is 3.97. The van der Waals surface area contributed by atoms with Crippen molar-refractivity contribution in [2.75, 3.05) is 73.1 Å². The molecule has 160 valence electrons. The van der Waals surface area contributed by atoms with Gasteiger partial charge in [0.05, 0.1) is 19.3 Å². The Balaban J connectivity index is 0.00000280. The van der Waals surface area contributed by atoms with E-state index in [0.717, 1.165) is 37.7 Å². The molecule has 0 saturated carbocycles. The van der Waals surface area contributed by atoms with E-state index in [2.05, 4.69) is 44.1 Å². The van der Waals surface area contributed by atoms with Gasteiger partial charge in [0, 0.05) is 71.7 Å². The van der Waals surface area contributed by atoms with Gasteiger partial charge in [0.25, 0.3) is 0 Å². The molecule has 0 aliphatic carbocycles. The third kappa shape index (κ3) is 6.57. The normalized spacial score (nSPS) is 23.4. The molecule has 9 heteroatoms. The molecular formula is C19H36IN7O. The average molecular weight is 505 g/mol. The minimum Gasteiger partial charge on any atom is -0.370 e. The maximum absolute atomic E-state index is 5.95.